The summed E-state index contributed by atoms with van der Waals surface area (Å²) in [5.41, 5.74) is 4.02. The van der Waals surface area contributed by atoms with Crippen molar-refractivity contribution in [2.24, 2.45) is 11.8 Å². The van der Waals surface area contributed by atoms with Crippen LogP contribution in [0.4, 0.5) is 11.4 Å². The number of benzene rings is 2. The summed E-state index contributed by atoms with van der Waals surface area (Å²) in [5, 5.41) is 6.87. The van der Waals surface area contributed by atoms with Crippen LogP contribution in [0.25, 0.3) is 10.9 Å². The van der Waals surface area contributed by atoms with Gasteiger partial charge in [0.1, 0.15) is 0 Å². The van der Waals surface area contributed by atoms with Gasteiger partial charge in [0.15, 0.2) is 0 Å². The highest BCUT2D eigenvalue weighted by Crippen LogP contribution is 2.38. The third-order valence-corrected chi connectivity index (χ3v) is 4.85. The Morgan fingerprint density at radius 2 is 1.81 bits per heavy atom. The van der Waals surface area contributed by atoms with Crippen LogP contribution in [0.1, 0.15) is 29.4 Å². The van der Waals surface area contributed by atoms with Gasteiger partial charge in [-0.2, -0.15) is 0 Å². The number of amides is 2. The van der Waals surface area contributed by atoms with Crippen molar-refractivity contribution >= 4 is 34.1 Å². The van der Waals surface area contributed by atoms with Gasteiger partial charge in [-0.1, -0.05) is 13.0 Å². The van der Waals surface area contributed by atoms with Gasteiger partial charge in [-0.15, -0.1) is 0 Å². The molecule has 26 heavy (non-hydrogen) atoms. The minimum atomic E-state index is -0.201. The summed E-state index contributed by atoms with van der Waals surface area (Å²) in [7, 11) is 0. The van der Waals surface area contributed by atoms with Gasteiger partial charge in [0.05, 0.1) is 0 Å². The first-order chi connectivity index (χ1) is 12.5. The Labute approximate surface area is 151 Å². The molecule has 0 spiro atoms. The zero-order valence-electron chi connectivity index (χ0n) is 14.8. The van der Waals surface area contributed by atoms with E-state index in [0.717, 1.165) is 28.7 Å². The molecule has 2 atom stereocenters. The molecule has 1 aliphatic rings. The summed E-state index contributed by atoms with van der Waals surface area (Å²) < 4.78 is 0. The zero-order chi connectivity index (χ0) is 18.3. The van der Waals surface area contributed by atoms with Gasteiger partial charge < -0.3 is 15.6 Å². The van der Waals surface area contributed by atoms with Crippen LogP contribution in [0.3, 0.4) is 0 Å². The lowest BCUT2D eigenvalue weighted by atomic mass is 10.1. The first-order valence-corrected chi connectivity index (χ1v) is 8.81. The quantitative estimate of drug-likeness (QED) is 0.657. The Morgan fingerprint density at radius 3 is 2.58 bits per heavy atom. The maximum atomic E-state index is 12.6. The minimum Gasteiger partial charge on any atom is -0.359 e. The molecule has 1 saturated carbocycles. The Balaban J connectivity index is 1.48. The maximum absolute atomic E-state index is 12.6. The zero-order valence-corrected chi connectivity index (χ0v) is 14.8. The molecule has 3 aromatic rings. The van der Waals surface area contributed by atoms with Crippen molar-refractivity contribution in [3.05, 3.63) is 59.8 Å². The number of carbonyl (C=O) groups excluding carboxylic acids is 2. The van der Waals surface area contributed by atoms with Crippen molar-refractivity contribution < 1.29 is 9.59 Å². The Kier molecular flexibility index (Phi) is 3.99. The van der Waals surface area contributed by atoms with Crippen LogP contribution >= 0.6 is 0 Å². The number of hydrogen-bond donors (Lipinski definition) is 3. The van der Waals surface area contributed by atoms with E-state index < -0.39 is 0 Å². The van der Waals surface area contributed by atoms with Crippen LogP contribution in [0, 0.1) is 18.8 Å². The van der Waals surface area contributed by atoms with Gasteiger partial charge in [-0.25, -0.2) is 0 Å². The van der Waals surface area contributed by atoms with Gasteiger partial charge >= 0.3 is 0 Å². The number of aryl methyl sites for hydroxylation is 1. The summed E-state index contributed by atoms with van der Waals surface area (Å²) in [6.45, 7) is 4.07. The molecule has 1 fully saturated rings. The fourth-order valence-corrected chi connectivity index (χ4v) is 3.22. The molecule has 5 heteroatoms. The molecule has 0 aliphatic heterocycles. The summed E-state index contributed by atoms with van der Waals surface area (Å²) in [4.78, 5) is 27.9. The molecule has 4 rings (SSSR count). The number of aromatic nitrogens is 1. The van der Waals surface area contributed by atoms with E-state index in [4.69, 9.17) is 0 Å². The Morgan fingerprint density at radius 1 is 1.04 bits per heavy atom. The number of anilines is 2. The number of fused-ring (bicyclic) bond motifs is 1. The van der Waals surface area contributed by atoms with E-state index in [0.29, 0.717) is 17.2 Å². The smallest absolute Gasteiger partial charge is 0.255 e. The van der Waals surface area contributed by atoms with Gasteiger partial charge in [-0.3, -0.25) is 9.59 Å². The number of H-pyrrole nitrogens is 1. The normalized spacial score (nSPS) is 18.5. The van der Waals surface area contributed by atoms with Gasteiger partial charge in [0.2, 0.25) is 5.91 Å². The second kappa shape index (κ2) is 6.33. The number of nitrogens with one attached hydrogen (secondary N) is 3. The molecule has 1 aromatic heterocycles. The van der Waals surface area contributed by atoms with E-state index in [2.05, 4.69) is 22.5 Å². The largest absolute Gasteiger partial charge is 0.359 e. The SMILES string of the molecule is Cc1cc2cc(NC(=O)c3cccc(NC(=O)[C@@H]4C[C@@H]4C)c3)ccc2[nH]1. The molecule has 0 bridgehead atoms. The average molecular weight is 347 g/mol. The van der Waals surface area contributed by atoms with Gasteiger partial charge in [0, 0.05) is 39.5 Å². The monoisotopic (exact) mass is 347 g/mol. The van der Waals surface area contributed by atoms with Crippen molar-refractivity contribution in [2.45, 2.75) is 20.3 Å². The maximum Gasteiger partial charge on any atom is 0.255 e. The van der Waals surface area contributed by atoms with Crippen LogP contribution in [0.15, 0.2) is 48.5 Å². The van der Waals surface area contributed by atoms with Crippen molar-refractivity contribution in [1.82, 2.24) is 4.98 Å². The van der Waals surface area contributed by atoms with E-state index in [1.54, 1.807) is 24.3 Å². The molecule has 0 unspecified atom stereocenters. The molecule has 3 N–H and O–H groups in total. The second-order valence-electron chi connectivity index (χ2n) is 7.10. The minimum absolute atomic E-state index is 0.0309. The number of rotatable bonds is 4. The molecule has 1 aliphatic carbocycles. The van der Waals surface area contributed by atoms with Crippen molar-refractivity contribution in [3.8, 4) is 0 Å². The van der Waals surface area contributed by atoms with E-state index in [1.807, 2.05) is 31.2 Å². The van der Waals surface area contributed by atoms with E-state index >= 15 is 0 Å². The molecule has 1 heterocycles. The van der Waals surface area contributed by atoms with Crippen LogP contribution < -0.4 is 10.6 Å². The lowest BCUT2D eigenvalue weighted by molar-refractivity contribution is -0.117. The van der Waals surface area contributed by atoms with E-state index in [9.17, 15) is 9.59 Å². The highest BCUT2D eigenvalue weighted by atomic mass is 16.2. The first kappa shape index (κ1) is 16.4. The van der Waals surface area contributed by atoms with Crippen LogP contribution in [0.2, 0.25) is 0 Å². The molecule has 0 saturated heterocycles. The van der Waals surface area contributed by atoms with Crippen molar-refractivity contribution in [1.29, 1.82) is 0 Å². The topological polar surface area (TPSA) is 74.0 Å². The third-order valence-electron chi connectivity index (χ3n) is 4.85. The predicted molar refractivity (Wildman–Crippen MR) is 103 cm³/mol. The van der Waals surface area contributed by atoms with Crippen LogP contribution in [-0.2, 0) is 4.79 Å². The standard InChI is InChI=1S/C21H21N3O2/c1-12-8-18(12)21(26)24-16-5-3-4-14(10-16)20(25)23-17-6-7-19-15(11-17)9-13(2)22-19/h3-7,9-12,18,22H,8H2,1-2H3,(H,23,25)(H,24,26)/t12-,18+/m0/s1. The number of carbonyl (C=O) groups is 2. The highest BCUT2D eigenvalue weighted by Gasteiger charge is 2.39. The van der Waals surface area contributed by atoms with Crippen molar-refractivity contribution in [3.63, 3.8) is 0 Å². The van der Waals surface area contributed by atoms with E-state index in [-0.39, 0.29) is 17.7 Å². The highest BCUT2D eigenvalue weighted by molar-refractivity contribution is 6.06. The Hall–Kier alpha value is -3.08. The number of aromatic amines is 1. The molecular formula is C21H21N3O2. The molecule has 132 valence electrons. The molecule has 5 nitrogen and oxygen atoms in total. The Bertz CT molecular complexity index is 1010. The lowest BCUT2D eigenvalue weighted by Crippen LogP contribution is -2.16. The van der Waals surface area contributed by atoms with Crippen LogP contribution in [0.5, 0.6) is 0 Å². The summed E-state index contributed by atoms with van der Waals surface area (Å²) >= 11 is 0. The van der Waals surface area contributed by atoms with Gasteiger partial charge in [0.25, 0.3) is 5.91 Å². The van der Waals surface area contributed by atoms with Crippen molar-refractivity contribution in [2.75, 3.05) is 10.6 Å². The molecule has 0 radical (unpaired) electrons. The molecule has 2 amide bonds. The average Bonchev–Trinajstić information content (AvgIpc) is 3.22. The molecule has 2 aromatic carbocycles. The fraction of sp³-hybridized carbons (Fsp3) is 0.238. The second-order valence-corrected chi connectivity index (χ2v) is 7.10. The van der Waals surface area contributed by atoms with Gasteiger partial charge in [-0.05, 0) is 61.7 Å². The third kappa shape index (κ3) is 3.33. The first-order valence-electron chi connectivity index (χ1n) is 8.81. The molecular weight excluding hydrogens is 326 g/mol. The number of hydrogen-bond acceptors (Lipinski definition) is 2. The van der Waals surface area contributed by atoms with Crippen LogP contribution in [-0.4, -0.2) is 16.8 Å². The summed E-state index contributed by atoms with van der Waals surface area (Å²) in [5.74, 6) is 0.383. The summed E-state index contributed by atoms with van der Waals surface area (Å²) in [6, 6.07) is 14.8. The lowest BCUT2D eigenvalue weighted by Gasteiger charge is -2.08. The predicted octanol–water partition coefficient (Wildman–Crippen LogP) is 4.32. The summed E-state index contributed by atoms with van der Waals surface area (Å²) in [6.07, 6.45) is 0.938. The van der Waals surface area contributed by atoms with E-state index in [1.165, 1.54) is 0 Å². The fourth-order valence-electron chi connectivity index (χ4n) is 3.22.